The third-order valence-corrected chi connectivity index (χ3v) is 3.64. The number of hydrogen-bond acceptors (Lipinski definition) is 4. The maximum absolute atomic E-state index is 11.9. The zero-order chi connectivity index (χ0) is 14.6. The molecule has 6 heteroatoms. The molecule has 0 fully saturated rings. The molecule has 0 saturated heterocycles. The molecule has 1 rings (SSSR count). The zero-order valence-electron chi connectivity index (χ0n) is 10.9. The van der Waals surface area contributed by atoms with Crippen LogP contribution in [0, 0.1) is 5.92 Å². The van der Waals surface area contributed by atoms with E-state index in [1.54, 1.807) is 13.8 Å². The lowest BCUT2D eigenvalue weighted by atomic mass is 10.0. The molecule has 0 atom stereocenters. The predicted octanol–water partition coefficient (Wildman–Crippen LogP) is 1.52. The molecule has 0 aliphatic carbocycles. The quantitative estimate of drug-likeness (QED) is 0.801. The lowest BCUT2D eigenvalue weighted by Gasteiger charge is -2.05. The van der Waals surface area contributed by atoms with Crippen LogP contribution in [0.2, 0.25) is 0 Å². The van der Waals surface area contributed by atoms with E-state index in [0.29, 0.717) is 0 Å². The van der Waals surface area contributed by atoms with Crippen molar-refractivity contribution in [2.75, 3.05) is 0 Å². The van der Waals surface area contributed by atoms with E-state index in [1.165, 1.54) is 24.3 Å². The van der Waals surface area contributed by atoms with Crippen molar-refractivity contribution in [2.24, 2.45) is 11.1 Å². The minimum absolute atomic E-state index is 0.0101. The van der Waals surface area contributed by atoms with Crippen molar-refractivity contribution >= 4 is 21.6 Å². The molecule has 0 saturated carbocycles. The summed E-state index contributed by atoms with van der Waals surface area (Å²) in [6.07, 6.45) is 0.237. The monoisotopic (exact) mass is 283 g/mol. The Hall–Kier alpha value is -1.53. The molecule has 0 heterocycles. The molecule has 5 nitrogen and oxygen atoms in total. The highest BCUT2D eigenvalue weighted by Gasteiger charge is 2.14. The number of benzene rings is 1. The summed E-state index contributed by atoms with van der Waals surface area (Å²) in [6, 6.07) is 5.52. The fraction of sp³-hybridized carbons (Fsp3) is 0.385. The van der Waals surface area contributed by atoms with Gasteiger partial charge in [-0.2, -0.15) is 0 Å². The number of carbonyl (C=O) groups is 2. The highest BCUT2D eigenvalue weighted by atomic mass is 32.2. The summed E-state index contributed by atoms with van der Waals surface area (Å²) in [5.41, 5.74) is 0.253. The minimum atomic E-state index is -3.82. The Bertz CT molecular complexity index is 590. The van der Waals surface area contributed by atoms with Crippen LogP contribution in [0.1, 0.15) is 37.0 Å². The molecule has 0 radical (unpaired) electrons. The van der Waals surface area contributed by atoms with Crippen LogP contribution in [0.25, 0.3) is 0 Å². The lowest BCUT2D eigenvalue weighted by molar-refractivity contribution is -0.121. The molecule has 0 aliphatic rings. The maximum atomic E-state index is 11.9. The van der Waals surface area contributed by atoms with E-state index in [4.69, 9.17) is 5.14 Å². The standard InChI is InChI=1S/C13H17NO4S/c1-9(2)12(15)6-7-13(16)10-4-3-5-11(8-10)19(14,17)18/h3-5,8-9H,6-7H2,1-2H3,(H2,14,17,18). The molecule has 104 valence electrons. The molecular weight excluding hydrogens is 266 g/mol. The number of nitrogens with two attached hydrogens (primary N) is 1. The van der Waals surface area contributed by atoms with Crippen molar-refractivity contribution in [3.05, 3.63) is 29.8 Å². The van der Waals surface area contributed by atoms with Crippen molar-refractivity contribution in [3.63, 3.8) is 0 Å². The van der Waals surface area contributed by atoms with Gasteiger partial charge in [-0.05, 0) is 12.1 Å². The second-order valence-electron chi connectivity index (χ2n) is 4.62. The molecule has 1 aromatic carbocycles. The van der Waals surface area contributed by atoms with Gasteiger partial charge in [0, 0.05) is 24.3 Å². The Balaban J connectivity index is 2.81. The van der Waals surface area contributed by atoms with Gasteiger partial charge in [0.2, 0.25) is 10.0 Å². The molecule has 1 aromatic rings. The van der Waals surface area contributed by atoms with Crippen LogP contribution in [0.4, 0.5) is 0 Å². The van der Waals surface area contributed by atoms with Crippen LogP contribution in [-0.4, -0.2) is 20.0 Å². The van der Waals surface area contributed by atoms with E-state index in [9.17, 15) is 18.0 Å². The van der Waals surface area contributed by atoms with Gasteiger partial charge in [-0.3, -0.25) is 9.59 Å². The fourth-order valence-corrected chi connectivity index (χ4v) is 2.08. The number of primary sulfonamides is 1. The maximum Gasteiger partial charge on any atom is 0.238 e. The largest absolute Gasteiger partial charge is 0.299 e. The van der Waals surface area contributed by atoms with E-state index >= 15 is 0 Å². The fourth-order valence-electron chi connectivity index (χ4n) is 1.52. The van der Waals surface area contributed by atoms with Gasteiger partial charge in [0.1, 0.15) is 5.78 Å². The number of ketones is 2. The molecule has 0 aromatic heterocycles. The van der Waals surface area contributed by atoms with Crippen LogP contribution >= 0.6 is 0 Å². The third kappa shape index (κ3) is 4.57. The summed E-state index contributed by atoms with van der Waals surface area (Å²) >= 11 is 0. The molecular formula is C13H17NO4S. The summed E-state index contributed by atoms with van der Waals surface area (Å²) in [7, 11) is -3.82. The van der Waals surface area contributed by atoms with Gasteiger partial charge in [-0.15, -0.1) is 0 Å². The van der Waals surface area contributed by atoms with Crippen LogP contribution in [0.3, 0.4) is 0 Å². The Morgan fingerprint density at radius 2 is 1.84 bits per heavy atom. The number of carbonyl (C=O) groups excluding carboxylic acids is 2. The number of Topliss-reactive ketones (excluding diaryl/α,β-unsaturated/α-hetero) is 2. The Morgan fingerprint density at radius 3 is 2.37 bits per heavy atom. The van der Waals surface area contributed by atoms with E-state index in [0.717, 1.165) is 0 Å². The first-order valence-corrected chi connectivity index (χ1v) is 7.45. The zero-order valence-corrected chi connectivity index (χ0v) is 11.7. The first-order valence-electron chi connectivity index (χ1n) is 5.90. The molecule has 0 aliphatic heterocycles. The second kappa shape index (κ2) is 6.08. The van der Waals surface area contributed by atoms with Crippen molar-refractivity contribution in [1.29, 1.82) is 0 Å². The van der Waals surface area contributed by atoms with Gasteiger partial charge in [-0.1, -0.05) is 26.0 Å². The number of rotatable bonds is 6. The molecule has 0 unspecified atom stereocenters. The van der Waals surface area contributed by atoms with E-state index in [2.05, 4.69) is 0 Å². The molecule has 19 heavy (non-hydrogen) atoms. The van der Waals surface area contributed by atoms with Crippen molar-refractivity contribution in [2.45, 2.75) is 31.6 Å². The third-order valence-electron chi connectivity index (χ3n) is 2.73. The van der Waals surface area contributed by atoms with Gasteiger partial charge in [0.15, 0.2) is 5.78 Å². The van der Waals surface area contributed by atoms with Gasteiger partial charge >= 0.3 is 0 Å². The summed E-state index contributed by atoms with van der Waals surface area (Å²) in [4.78, 5) is 23.2. The van der Waals surface area contributed by atoms with Crippen molar-refractivity contribution in [1.82, 2.24) is 0 Å². The summed E-state index contributed by atoms with van der Waals surface area (Å²) in [5.74, 6) is -0.362. The van der Waals surface area contributed by atoms with Gasteiger partial charge in [0.05, 0.1) is 4.90 Å². The van der Waals surface area contributed by atoms with Crippen LogP contribution in [0.15, 0.2) is 29.2 Å². The normalized spacial score (nSPS) is 11.6. The Morgan fingerprint density at radius 1 is 1.21 bits per heavy atom. The SMILES string of the molecule is CC(C)C(=O)CCC(=O)c1cccc(S(N)(=O)=O)c1. The van der Waals surface area contributed by atoms with Gasteiger partial charge in [-0.25, -0.2) is 13.6 Å². The minimum Gasteiger partial charge on any atom is -0.299 e. The summed E-state index contributed by atoms with van der Waals surface area (Å²) in [5, 5.41) is 4.99. The average Bonchev–Trinajstić information content (AvgIpc) is 2.34. The van der Waals surface area contributed by atoms with Crippen molar-refractivity contribution in [3.8, 4) is 0 Å². The number of sulfonamides is 1. The van der Waals surface area contributed by atoms with Crippen LogP contribution < -0.4 is 5.14 Å². The van der Waals surface area contributed by atoms with E-state index < -0.39 is 10.0 Å². The first kappa shape index (κ1) is 15.5. The number of hydrogen-bond donors (Lipinski definition) is 1. The summed E-state index contributed by atoms with van der Waals surface area (Å²) in [6.45, 7) is 3.54. The highest BCUT2D eigenvalue weighted by Crippen LogP contribution is 2.13. The first-order chi connectivity index (χ1) is 8.71. The molecule has 2 N–H and O–H groups in total. The predicted molar refractivity (Wildman–Crippen MR) is 71.2 cm³/mol. The van der Waals surface area contributed by atoms with Gasteiger partial charge < -0.3 is 0 Å². The molecule has 0 amide bonds. The van der Waals surface area contributed by atoms with Crippen LogP contribution in [0.5, 0.6) is 0 Å². The average molecular weight is 283 g/mol. The smallest absolute Gasteiger partial charge is 0.238 e. The lowest BCUT2D eigenvalue weighted by Crippen LogP contribution is -2.13. The Labute approximate surface area is 112 Å². The highest BCUT2D eigenvalue weighted by molar-refractivity contribution is 7.89. The van der Waals surface area contributed by atoms with E-state index in [-0.39, 0.29) is 40.8 Å². The summed E-state index contributed by atoms with van der Waals surface area (Å²) < 4.78 is 22.4. The van der Waals surface area contributed by atoms with Crippen molar-refractivity contribution < 1.29 is 18.0 Å². The second-order valence-corrected chi connectivity index (χ2v) is 6.18. The van der Waals surface area contributed by atoms with Crippen LogP contribution in [-0.2, 0) is 14.8 Å². The molecule has 0 bridgehead atoms. The van der Waals surface area contributed by atoms with E-state index in [1.807, 2.05) is 0 Å². The topological polar surface area (TPSA) is 94.3 Å². The van der Waals surface area contributed by atoms with Gasteiger partial charge in [0.25, 0.3) is 0 Å². The molecule has 0 spiro atoms. The Kier molecular flexibility index (Phi) is 4.97.